The zero-order valence-electron chi connectivity index (χ0n) is 13.1. The van der Waals surface area contributed by atoms with Crippen LogP contribution in [-0.2, 0) is 11.2 Å². The van der Waals surface area contributed by atoms with E-state index in [9.17, 15) is 9.90 Å². The summed E-state index contributed by atoms with van der Waals surface area (Å²) >= 11 is 0. The second-order valence-corrected chi connectivity index (χ2v) is 5.36. The number of carbonyl (C=O) groups is 1. The molecule has 0 radical (unpaired) electrons. The van der Waals surface area contributed by atoms with Crippen LogP contribution in [0.25, 0.3) is 0 Å². The number of para-hydroxylation sites is 1. The quantitative estimate of drug-likeness (QED) is 0.872. The summed E-state index contributed by atoms with van der Waals surface area (Å²) in [5, 5.41) is 18.7. The number of nitriles is 1. The van der Waals surface area contributed by atoms with Crippen molar-refractivity contribution in [1.29, 1.82) is 5.26 Å². The molecular weight excluding hydrogens is 308 g/mol. The summed E-state index contributed by atoms with van der Waals surface area (Å²) in [7, 11) is 1.57. The van der Waals surface area contributed by atoms with Crippen LogP contribution in [0.2, 0.25) is 0 Å². The minimum absolute atomic E-state index is 0.0104. The molecule has 0 spiro atoms. The van der Waals surface area contributed by atoms with Crippen molar-refractivity contribution < 1.29 is 19.4 Å². The highest BCUT2D eigenvalue weighted by molar-refractivity contribution is 6.00. The van der Waals surface area contributed by atoms with Crippen LogP contribution in [-0.4, -0.2) is 30.8 Å². The van der Waals surface area contributed by atoms with Crippen molar-refractivity contribution in [3.05, 3.63) is 48.0 Å². The van der Waals surface area contributed by atoms with Crippen molar-refractivity contribution in [3.8, 4) is 23.3 Å². The number of phenols is 1. The van der Waals surface area contributed by atoms with Crippen molar-refractivity contribution in [2.45, 2.75) is 12.5 Å². The van der Waals surface area contributed by atoms with Crippen LogP contribution >= 0.6 is 0 Å². The van der Waals surface area contributed by atoms with Gasteiger partial charge in [0.05, 0.1) is 18.9 Å². The molecule has 24 heavy (non-hydrogen) atoms. The minimum Gasteiger partial charge on any atom is -0.508 e. The number of amides is 1. The Morgan fingerprint density at radius 2 is 2.12 bits per heavy atom. The molecule has 0 saturated carbocycles. The van der Waals surface area contributed by atoms with E-state index in [2.05, 4.69) is 0 Å². The van der Waals surface area contributed by atoms with Crippen LogP contribution in [0.1, 0.15) is 5.56 Å². The first-order valence-electron chi connectivity index (χ1n) is 7.44. The second kappa shape index (κ2) is 6.50. The molecule has 0 fully saturated rings. The van der Waals surface area contributed by atoms with Crippen LogP contribution in [0.3, 0.4) is 0 Å². The number of rotatable bonds is 4. The monoisotopic (exact) mass is 324 g/mol. The molecule has 1 unspecified atom stereocenters. The predicted molar refractivity (Wildman–Crippen MR) is 87.2 cm³/mol. The third-order valence-electron chi connectivity index (χ3n) is 3.87. The van der Waals surface area contributed by atoms with Gasteiger partial charge in [-0.05, 0) is 23.8 Å². The van der Waals surface area contributed by atoms with Crippen LogP contribution in [0.5, 0.6) is 17.2 Å². The summed E-state index contributed by atoms with van der Waals surface area (Å²) in [6, 6.07) is 13.9. The van der Waals surface area contributed by atoms with E-state index in [1.54, 1.807) is 13.2 Å². The Morgan fingerprint density at radius 1 is 1.33 bits per heavy atom. The number of nitrogens with zero attached hydrogens (tertiary/aromatic N) is 2. The van der Waals surface area contributed by atoms with Crippen molar-refractivity contribution in [2.75, 3.05) is 18.6 Å². The molecule has 0 bridgehead atoms. The molecule has 1 heterocycles. The van der Waals surface area contributed by atoms with Gasteiger partial charge in [0.2, 0.25) is 0 Å². The summed E-state index contributed by atoms with van der Waals surface area (Å²) in [4.78, 5) is 14.1. The number of phenolic OH excluding ortho intramolecular Hbond substituents is 1. The van der Waals surface area contributed by atoms with Crippen molar-refractivity contribution in [2.24, 2.45) is 0 Å². The maximum Gasteiger partial charge on any atom is 0.269 e. The summed E-state index contributed by atoms with van der Waals surface area (Å²) in [5.41, 5.74) is 1.25. The number of hydrogen-bond donors (Lipinski definition) is 1. The number of hydrogen-bond acceptors (Lipinski definition) is 5. The van der Waals surface area contributed by atoms with Crippen molar-refractivity contribution >= 4 is 11.6 Å². The van der Waals surface area contributed by atoms with E-state index in [4.69, 9.17) is 14.7 Å². The van der Waals surface area contributed by atoms with Gasteiger partial charge in [-0.3, -0.25) is 9.69 Å². The molecule has 1 aliphatic heterocycles. The average molecular weight is 324 g/mol. The van der Waals surface area contributed by atoms with E-state index < -0.39 is 6.10 Å². The van der Waals surface area contributed by atoms with E-state index in [1.165, 1.54) is 17.0 Å². The fraction of sp³-hybridized carbons (Fsp3) is 0.222. The highest BCUT2D eigenvalue weighted by Gasteiger charge is 2.35. The average Bonchev–Trinajstić information content (AvgIpc) is 2.59. The molecule has 0 aliphatic carbocycles. The normalized spacial score (nSPS) is 16.1. The number of fused-ring (bicyclic) bond motifs is 1. The Labute approximate surface area is 139 Å². The van der Waals surface area contributed by atoms with E-state index in [-0.39, 0.29) is 18.2 Å². The summed E-state index contributed by atoms with van der Waals surface area (Å²) in [6.45, 7) is -0.110. The standard InChI is InChI=1S/C18H16N2O4/c1-23-15-5-3-2-4-12(15)10-17-18(22)20(9-8-19)14-11-13(21)6-7-16(14)24-17/h2-7,11,17,21H,9-10H2,1H3. The van der Waals surface area contributed by atoms with Gasteiger partial charge < -0.3 is 14.6 Å². The first kappa shape index (κ1) is 15.7. The van der Waals surface area contributed by atoms with Crippen LogP contribution in [0.4, 0.5) is 5.69 Å². The van der Waals surface area contributed by atoms with Gasteiger partial charge in [-0.1, -0.05) is 18.2 Å². The Kier molecular flexibility index (Phi) is 4.25. The zero-order valence-corrected chi connectivity index (χ0v) is 13.1. The predicted octanol–water partition coefficient (Wildman–Crippen LogP) is 2.26. The van der Waals surface area contributed by atoms with Crippen molar-refractivity contribution in [1.82, 2.24) is 0 Å². The van der Waals surface area contributed by atoms with Crippen LogP contribution in [0.15, 0.2) is 42.5 Å². The summed E-state index contributed by atoms with van der Waals surface area (Å²) in [6.07, 6.45) is -0.433. The Hall–Kier alpha value is -3.20. The van der Waals surface area contributed by atoms with Gasteiger partial charge in [0.25, 0.3) is 5.91 Å². The molecule has 122 valence electrons. The molecular formula is C18H16N2O4. The molecule has 3 rings (SSSR count). The molecule has 1 amide bonds. The lowest BCUT2D eigenvalue weighted by molar-refractivity contribution is -0.126. The van der Waals surface area contributed by atoms with E-state index >= 15 is 0 Å². The molecule has 0 saturated heterocycles. The molecule has 0 aromatic heterocycles. The maximum absolute atomic E-state index is 12.7. The first-order chi connectivity index (χ1) is 11.6. The molecule has 1 N–H and O–H groups in total. The smallest absolute Gasteiger partial charge is 0.269 e. The van der Waals surface area contributed by atoms with Gasteiger partial charge in [0.1, 0.15) is 23.8 Å². The Morgan fingerprint density at radius 3 is 2.88 bits per heavy atom. The lowest BCUT2D eigenvalue weighted by Gasteiger charge is -2.33. The topological polar surface area (TPSA) is 82.8 Å². The van der Waals surface area contributed by atoms with Gasteiger partial charge in [-0.15, -0.1) is 0 Å². The molecule has 6 heteroatoms. The maximum atomic E-state index is 12.7. The van der Waals surface area contributed by atoms with E-state index in [0.717, 1.165) is 5.56 Å². The zero-order chi connectivity index (χ0) is 17.1. The molecule has 1 aliphatic rings. The summed E-state index contributed by atoms with van der Waals surface area (Å²) in [5.74, 6) is 0.830. The van der Waals surface area contributed by atoms with E-state index in [1.807, 2.05) is 30.3 Å². The number of anilines is 1. The van der Waals surface area contributed by atoms with Gasteiger partial charge in [-0.2, -0.15) is 5.26 Å². The SMILES string of the molecule is COc1ccccc1CC1Oc2ccc(O)cc2N(CC#N)C1=O. The van der Waals surface area contributed by atoms with Gasteiger partial charge in [0, 0.05) is 12.5 Å². The number of benzene rings is 2. The molecule has 1 atom stereocenters. The fourth-order valence-corrected chi connectivity index (χ4v) is 2.75. The molecule has 2 aromatic rings. The Bertz CT molecular complexity index is 813. The number of aromatic hydroxyl groups is 1. The number of ether oxygens (including phenoxy) is 2. The van der Waals surface area contributed by atoms with Gasteiger partial charge in [-0.25, -0.2) is 0 Å². The number of methoxy groups -OCH3 is 1. The van der Waals surface area contributed by atoms with Crippen molar-refractivity contribution in [3.63, 3.8) is 0 Å². The fourth-order valence-electron chi connectivity index (χ4n) is 2.75. The lowest BCUT2D eigenvalue weighted by Crippen LogP contribution is -2.47. The highest BCUT2D eigenvalue weighted by atomic mass is 16.5. The van der Waals surface area contributed by atoms with Gasteiger partial charge >= 0.3 is 0 Å². The lowest BCUT2D eigenvalue weighted by atomic mass is 10.0. The molecule has 6 nitrogen and oxygen atoms in total. The van der Waals surface area contributed by atoms with Crippen LogP contribution < -0.4 is 14.4 Å². The minimum atomic E-state index is -0.758. The highest BCUT2D eigenvalue weighted by Crippen LogP contribution is 2.37. The van der Waals surface area contributed by atoms with Crippen LogP contribution in [0, 0.1) is 11.3 Å². The number of carbonyl (C=O) groups excluding carboxylic acids is 1. The summed E-state index contributed by atoms with van der Waals surface area (Å²) < 4.78 is 11.1. The van der Waals surface area contributed by atoms with Gasteiger partial charge in [0.15, 0.2) is 6.10 Å². The third-order valence-corrected chi connectivity index (χ3v) is 3.87. The second-order valence-electron chi connectivity index (χ2n) is 5.36. The molecule has 2 aromatic carbocycles. The largest absolute Gasteiger partial charge is 0.508 e. The first-order valence-corrected chi connectivity index (χ1v) is 7.44. The Balaban J connectivity index is 1.94. The van der Waals surface area contributed by atoms with E-state index in [0.29, 0.717) is 23.6 Å². The third kappa shape index (κ3) is 2.84.